The molecule has 234 valence electrons. The Morgan fingerprint density at radius 3 is 2.29 bits per heavy atom. The maximum absolute atomic E-state index is 13.3. The molecule has 1 aliphatic heterocycles. The van der Waals surface area contributed by atoms with Crippen molar-refractivity contribution in [2.75, 3.05) is 0 Å². The number of carbonyl (C=O) groups excluding carboxylic acids is 4. The topological polar surface area (TPSA) is 105 Å². The van der Waals surface area contributed by atoms with Crippen LogP contribution in [-0.2, 0) is 38.1 Å². The molecule has 1 spiro atoms. The number of ketones is 1. The predicted molar refractivity (Wildman–Crippen MR) is 159 cm³/mol. The molecule has 8 heteroatoms. The maximum atomic E-state index is 13.3. The number of allylic oxidation sites excluding steroid dienone is 3. The van der Waals surface area contributed by atoms with E-state index in [1.165, 1.54) is 39.2 Å². The normalized spacial score (nSPS) is 31.8. The summed E-state index contributed by atoms with van der Waals surface area (Å²) in [6, 6.07) is 0. The van der Waals surface area contributed by atoms with Crippen LogP contribution in [0.4, 0.5) is 0 Å². The van der Waals surface area contributed by atoms with Crippen LogP contribution in [0.2, 0.25) is 0 Å². The minimum absolute atomic E-state index is 0.0417. The average Bonchev–Trinajstić information content (AvgIpc) is 3.21. The van der Waals surface area contributed by atoms with Gasteiger partial charge in [-0.3, -0.25) is 23.9 Å². The van der Waals surface area contributed by atoms with Gasteiger partial charge in [-0.25, -0.2) is 0 Å². The summed E-state index contributed by atoms with van der Waals surface area (Å²) in [5.74, 6) is -2.02. The Balaban J connectivity index is 2.00. The van der Waals surface area contributed by atoms with E-state index < -0.39 is 47.4 Å². The van der Waals surface area contributed by atoms with Gasteiger partial charge in [-0.15, -0.1) is 0 Å². The summed E-state index contributed by atoms with van der Waals surface area (Å²) >= 11 is 0. The van der Waals surface area contributed by atoms with Gasteiger partial charge in [0.1, 0.15) is 11.5 Å². The summed E-state index contributed by atoms with van der Waals surface area (Å²) in [6.45, 7) is 16.9. The zero-order valence-corrected chi connectivity index (χ0v) is 26.2. The number of esters is 3. The molecule has 1 heterocycles. The van der Waals surface area contributed by atoms with Gasteiger partial charge in [0.15, 0.2) is 5.78 Å². The van der Waals surface area contributed by atoms with E-state index in [4.69, 9.17) is 18.9 Å². The van der Waals surface area contributed by atoms with Crippen LogP contribution in [0.5, 0.6) is 0 Å². The van der Waals surface area contributed by atoms with Gasteiger partial charge in [0.2, 0.25) is 12.6 Å². The van der Waals surface area contributed by atoms with Crippen molar-refractivity contribution in [2.45, 2.75) is 130 Å². The Hall–Kier alpha value is -2.74. The molecule has 0 amide bonds. The Labute approximate surface area is 251 Å². The molecule has 0 bridgehead atoms. The summed E-state index contributed by atoms with van der Waals surface area (Å²) < 4.78 is 23.7. The van der Waals surface area contributed by atoms with Gasteiger partial charge in [-0.2, -0.15) is 0 Å². The second-order valence-corrected chi connectivity index (χ2v) is 12.6. The van der Waals surface area contributed by atoms with Crippen LogP contribution in [0.3, 0.4) is 0 Å². The zero-order valence-electron chi connectivity index (χ0n) is 26.2. The molecule has 0 aromatic heterocycles. The highest BCUT2D eigenvalue weighted by atomic mass is 16.8. The highest BCUT2D eigenvalue weighted by Gasteiger charge is 2.72. The smallest absolute Gasteiger partial charge is 0.306 e. The SMILES string of the molecule is C=CC(=C)CC[C@]1(C)[C@H](C)C[C@H](OC(=O)CCCCCCCCC)[C@@]23C(=CC(=O)C[C@@H]12)[C@@H](OC(C)=O)O[C@H]3OC(C)=O. The first-order valence-electron chi connectivity index (χ1n) is 15.6. The van der Waals surface area contributed by atoms with Gasteiger partial charge in [0, 0.05) is 32.3 Å². The zero-order chi connectivity index (χ0) is 31.1. The van der Waals surface area contributed by atoms with Crippen molar-refractivity contribution in [1.29, 1.82) is 0 Å². The third kappa shape index (κ3) is 7.24. The largest absolute Gasteiger partial charge is 0.461 e. The molecule has 1 saturated carbocycles. The lowest BCUT2D eigenvalue weighted by atomic mass is 9.45. The Bertz CT molecular complexity index is 1080. The van der Waals surface area contributed by atoms with Crippen molar-refractivity contribution in [1.82, 2.24) is 0 Å². The average molecular weight is 587 g/mol. The van der Waals surface area contributed by atoms with E-state index in [2.05, 4.69) is 33.9 Å². The lowest BCUT2D eigenvalue weighted by molar-refractivity contribution is -0.255. The van der Waals surface area contributed by atoms with Crippen molar-refractivity contribution in [3.8, 4) is 0 Å². The predicted octanol–water partition coefficient (Wildman–Crippen LogP) is 6.92. The Morgan fingerprint density at radius 1 is 1.02 bits per heavy atom. The van der Waals surface area contributed by atoms with Crippen LogP contribution >= 0.6 is 0 Å². The minimum Gasteiger partial charge on any atom is -0.461 e. The van der Waals surface area contributed by atoms with Crippen LogP contribution in [0.25, 0.3) is 0 Å². The molecular weight excluding hydrogens is 536 g/mol. The number of hydrogen-bond acceptors (Lipinski definition) is 8. The van der Waals surface area contributed by atoms with Gasteiger partial charge in [-0.1, -0.05) is 84.1 Å². The molecule has 3 rings (SSSR count). The summed E-state index contributed by atoms with van der Waals surface area (Å²) in [5, 5.41) is 0. The summed E-state index contributed by atoms with van der Waals surface area (Å²) in [6.07, 6.45) is 9.81. The second kappa shape index (κ2) is 14.6. The standard InChI is InChI=1S/C34H50O8/c1-8-10-11-12-13-14-15-16-30(38)41-29-19-23(4)33(7,18-17-22(3)9-2)28-21-26(37)20-27-31(39-24(5)35)42-32(34(27,28)29)40-25(6)36/h9,20,23,28-29,31-32H,2-3,8,10-19,21H2,1,4-7H3/t23-,28+,29+,31+,32-,33-,34-/m1/s1. The first-order valence-corrected chi connectivity index (χ1v) is 15.6. The van der Waals surface area contributed by atoms with Gasteiger partial charge in [-0.05, 0) is 49.0 Å². The lowest BCUT2D eigenvalue weighted by Crippen LogP contribution is -2.63. The maximum Gasteiger partial charge on any atom is 0.306 e. The first kappa shape index (κ1) is 33.8. The molecule has 7 atom stereocenters. The monoisotopic (exact) mass is 586 g/mol. The number of hydrogen-bond donors (Lipinski definition) is 0. The van der Waals surface area contributed by atoms with Crippen molar-refractivity contribution in [3.63, 3.8) is 0 Å². The molecule has 2 aliphatic carbocycles. The van der Waals surface area contributed by atoms with Crippen molar-refractivity contribution >= 4 is 23.7 Å². The van der Waals surface area contributed by atoms with Crippen LogP contribution in [0, 0.1) is 22.7 Å². The molecule has 1 saturated heterocycles. The lowest BCUT2D eigenvalue weighted by Gasteiger charge is -2.60. The minimum atomic E-state index is -1.23. The van der Waals surface area contributed by atoms with E-state index in [-0.39, 0.29) is 30.5 Å². The van der Waals surface area contributed by atoms with Gasteiger partial charge in [0.05, 0.1) is 0 Å². The molecule has 0 N–H and O–H groups in total. The van der Waals surface area contributed by atoms with Crippen LogP contribution in [0.1, 0.15) is 112 Å². The first-order chi connectivity index (χ1) is 19.9. The second-order valence-electron chi connectivity index (χ2n) is 12.6. The molecule has 8 nitrogen and oxygen atoms in total. The third-order valence-corrected chi connectivity index (χ3v) is 9.79. The molecule has 0 radical (unpaired) electrons. The third-order valence-electron chi connectivity index (χ3n) is 9.79. The van der Waals surface area contributed by atoms with Crippen LogP contribution in [-0.4, -0.2) is 42.4 Å². The quantitative estimate of drug-likeness (QED) is 0.0881. The molecule has 2 fully saturated rings. The summed E-state index contributed by atoms with van der Waals surface area (Å²) in [7, 11) is 0. The number of ether oxygens (including phenoxy) is 4. The fourth-order valence-corrected chi connectivity index (χ4v) is 7.33. The van der Waals surface area contributed by atoms with E-state index in [1.807, 2.05) is 0 Å². The van der Waals surface area contributed by atoms with Gasteiger partial charge >= 0.3 is 17.9 Å². The molecule has 3 aliphatic rings. The highest BCUT2D eigenvalue weighted by Crippen LogP contribution is 2.67. The Kier molecular flexibility index (Phi) is 11.8. The number of unbranched alkanes of at least 4 members (excludes halogenated alkanes) is 6. The van der Waals surface area contributed by atoms with Crippen LogP contribution in [0.15, 0.2) is 36.5 Å². The summed E-state index contributed by atoms with van der Waals surface area (Å²) in [4.78, 5) is 51.1. The molecule has 0 aromatic carbocycles. The summed E-state index contributed by atoms with van der Waals surface area (Å²) in [5.41, 5.74) is -0.350. The number of carbonyl (C=O) groups is 4. The molecule has 0 aromatic rings. The fourth-order valence-electron chi connectivity index (χ4n) is 7.33. The van der Waals surface area contributed by atoms with Crippen molar-refractivity contribution < 1.29 is 38.1 Å². The molecule has 42 heavy (non-hydrogen) atoms. The van der Waals surface area contributed by atoms with Crippen LogP contribution < -0.4 is 0 Å². The molecule has 0 unspecified atom stereocenters. The van der Waals surface area contributed by atoms with E-state index in [0.29, 0.717) is 24.8 Å². The van der Waals surface area contributed by atoms with E-state index >= 15 is 0 Å². The van der Waals surface area contributed by atoms with E-state index in [1.54, 1.807) is 6.08 Å². The van der Waals surface area contributed by atoms with Crippen molar-refractivity contribution in [2.24, 2.45) is 22.7 Å². The molecular formula is C34H50O8. The van der Waals surface area contributed by atoms with Crippen molar-refractivity contribution in [3.05, 3.63) is 36.5 Å². The fraction of sp³-hybridized carbons (Fsp3) is 0.706. The van der Waals surface area contributed by atoms with Gasteiger partial charge < -0.3 is 14.2 Å². The Morgan fingerprint density at radius 2 is 1.67 bits per heavy atom. The van der Waals surface area contributed by atoms with Gasteiger partial charge in [0.25, 0.3) is 0 Å². The van der Waals surface area contributed by atoms with E-state index in [9.17, 15) is 19.2 Å². The highest BCUT2D eigenvalue weighted by molar-refractivity contribution is 5.92. The van der Waals surface area contributed by atoms with E-state index in [0.717, 1.165) is 31.3 Å². The number of rotatable bonds is 15.